The molecule has 1 heterocycles. The highest BCUT2D eigenvalue weighted by Crippen LogP contribution is 2.24. The molecule has 1 N–H and O–H groups in total. The fourth-order valence-corrected chi connectivity index (χ4v) is 1.97. The lowest BCUT2D eigenvalue weighted by atomic mass is 9.90. The second-order valence-electron chi connectivity index (χ2n) is 4.03. The molecule has 1 fully saturated rings. The average Bonchev–Trinajstić information content (AvgIpc) is 2.28. The minimum Gasteiger partial charge on any atom is -0.368 e. The first-order valence-electron chi connectivity index (χ1n) is 5.31. The summed E-state index contributed by atoms with van der Waals surface area (Å²) in [6.07, 6.45) is -1.46. The molecule has 16 heavy (non-hydrogen) atoms. The molecule has 0 aromatic heterocycles. The van der Waals surface area contributed by atoms with E-state index in [4.69, 9.17) is 4.74 Å². The van der Waals surface area contributed by atoms with Crippen molar-refractivity contribution in [1.82, 2.24) is 10.2 Å². The maximum absolute atomic E-state index is 12.2. The number of nitrogens with one attached hydrogen (secondary N) is 1. The highest BCUT2D eigenvalue weighted by molar-refractivity contribution is 5.85. The van der Waals surface area contributed by atoms with Crippen LogP contribution in [0.1, 0.15) is 12.8 Å². The van der Waals surface area contributed by atoms with Crippen LogP contribution in [0, 0.1) is 0 Å². The zero-order valence-electron chi connectivity index (χ0n) is 9.63. The van der Waals surface area contributed by atoms with E-state index in [1.54, 1.807) is 0 Å². The number of rotatable bonds is 4. The Balaban J connectivity index is 2.67. The topological polar surface area (TPSA) is 41.6 Å². The monoisotopic (exact) mass is 236 g/mol. The van der Waals surface area contributed by atoms with E-state index in [1.165, 1.54) is 14.2 Å². The van der Waals surface area contributed by atoms with E-state index in [-0.39, 0.29) is 5.91 Å². The van der Waals surface area contributed by atoms with Crippen LogP contribution >= 0.6 is 0 Å². The fourth-order valence-electron chi connectivity index (χ4n) is 1.97. The van der Waals surface area contributed by atoms with Crippen LogP contribution in [0.5, 0.6) is 0 Å². The molecule has 0 spiro atoms. The molecule has 0 bridgehead atoms. The first kappa shape index (κ1) is 13.3. The number of carbonyl (C=O) groups excluding carboxylic acids is 1. The van der Waals surface area contributed by atoms with Crippen LogP contribution in [0.3, 0.4) is 0 Å². The summed E-state index contributed by atoms with van der Waals surface area (Å²) in [5, 5.41) is 3.11. The third-order valence-electron chi connectivity index (χ3n) is 2.95. The van der Waals surface area contributed by atoms with Crippen molar-refractivity contribution in [2.45, 2.75) is 24.9 Å². The molecule has 1 aliphatic rings. The van der Waals surface area contributed by atoms with Gasteiger partial charge in [0.2, 0.25) is 0 Å². The molecular formula is C10H18F2N2O2. The molecule has 4 nitrogen and oxygen atoms in total. The number of methoxy groups -OCH3 is 1. The van der Waals surface area contributed by atoms with Gasteiger partial charge in [0.1, 0.15) is 5.60 Å². The molecule has 6 heteroatoms. The molecule has 1 rings (SSSR count). The van der Waals surface area contributed by atoms with Crippen molar-refractivity contribution in [1.29, 1.82) is 0 Å². The van der Waals surface area contributed by atoms with Gasteiger partial charge in [-0.1, -0.05) is 0 Å². The Morgan fingerprint density at radius 3 is 2.50 bits per heavy atom. The number of alkyl halides is 2. The third-order valence-corrected chi connectivity index (χ3v) is 2.95. The summed E-state index contributed by atoms with van der Waals surface area (Å²) in [6, 6.07) is 0. The molecular weight excluding hydrogens is 218 g/mol. The van der Waals surface area contributed by atoms with Crippen molar-refractivity contribution in [3.63, 3.8) is 0 Å². The van der Waals surface area contributed by atoms with Gasteiger partial charge >= 0.3 is 0 Å². The van der Waals surface area contributed by atoms with Crippen molar-refractivity contribution in [3.8, 4) is 0 Å². The van der Waals surface area contributed by atoms with E-state index in [0.717, 1.165) is 4.90 Å². The summed E-state index contributed by atoms with van der Waals surface area (Å²) in [5.74, 6) is -0.350. The number of nitrogens with zero attached hydrogens (tertiary/aromatic N) is 1. The molecule has 0 aliphatic carbocycles. The number of carbonyl (C=O) groups is 1. The van der Waals surface area contributed by atoms with Crippen LogP contribution in [-0.4, -0.2) is 56.6 Å². The lowest BCUT2D eigenvalue weighted by Crippen LogP contribution is -2.55. The molecule has 0 atom stereocenters. The molecule has 0 aromatic carbocycles. The van der Waals surface area contributed by atoms with Gasteiger partial charge in [0.05, 0.1) is 6.54 Å². The van der Waals surface area contributed by atoms with Crippen LogP contribution < -0.4 is 5.32 Å². The van der Waals surface area contributed by atoms with Crippen LogP contribution in [0.15, 0.2) is 0 Å². The summed E-state index contributed by atoms with van der Waals surface area (Å²) in [7, 11) is 2.84. The highest BCUT2D eigenvalue weighted by Gasteiger charge is 2.41. The molecule has 94 valence electrons. The normalized spacial score (nSPS) is 19.8. The number of likely N-dealkylation sites (N-methyl/N-ethyl adjacent to an activating group) is 1. The molecule has 0 aromatic rings. The molecule has 1 saturated heterocycles. The third kappa shape index (κ3) is 2.89. The first-order valence-corrected chi connectivity index (χ1v) is 5.31. The zero-order valence-corrected chi connectivity index (χ0v) is 9.63. The molecule has 1 aliphatic heterocycles. The van der Waals surface area contributed by atoms with Crippen molar-refractivity contribution < 1.29 is 18.3 Å². The minimum atomic E-state index is -2.51. The second kappa shape index (κ2) is 5.54. The van der Waals surface area contributed by atoms with E-state index in [0.29, 0.717) is 25.9 Å². The second-order valence-corrected chi connectivity index (χ2v) is 4.03. The highest BCUT2D eigenvalue weighted by atomic mass is 19.3. The average molecular weight is 236 g/mol. The Morgan fingerprint density at radius 2 is 2.06 bits per heavy atom. The fraction of sp³-hybridized carbons (Fsp3) is 0.900. The Morgan fingerprint density at radius 1 is 1.50 bits per heavy atom. The van der Waals surface area contributed by atoms with E-state index >= 15 is 0 Å². The zero-order chi connectivity index (χ0) is 12.2. The first-order chi connectivity index (χ1) is 7.52. The Labute approximate surface area is 93.9 Å². The Kier molecular flexibility index (Phi) is 4.61. The quantitative estimate of drug-likeness (QED) is 0.772. The van der Waals surface area contributed by atoms with Gasteiger partial charge in [-0.3, -0.25) is 4.79 Å². The van der Waals surface area contributed by atoms with Gasteiger partial charge in [0, 0.05) is 14.2 Å². The van der Waals surface area contributed by atoms with Gasteiger partial charge in [0.25, 0.3) is 12.3 Å². The number of amides is 1. The number of halogens is 2. The van der Waals surface area contributed by atoms with Crippen LogP contribution in [0.4, 0.5) is 8.78 Å². The lowest BCUT2D eigenvalue weighted by molar-refractivity contribution is -0.158. The van der Waals surface area contributed by atoms with Crippen molar-refractivity contribution in [2.75, 3.05) is 33.8 Å². The molecule has 1 amide bonds. The predicted octanol–water partition coefficient (Wildman–Crippen LogP) is 0.479. The number of hydrogen-bond donors (Lipinski definition) is 1. The Bertz CT molecular complexity index is 243. The van der Waals surface area contributed by atoms with Gasteiger partial charge in [0.15, 0.2) is 0 Å². The summed E-state index contributed by atoms with van der Waals surface area (Å²) in [4.78, 5) is 13.1. The van der Waals surface area contributed by atoms with E-state index in [2.05, 4.69) is 5.32 Å². The van der Waals surface area contributed by atoms with E-state index < -0.39 is 18.6 Å². The summed E-state index contributed by atoms with van der Waals surface area (Å²) in [6.45, 7) is 0.793. The van der Waals surface area contributed by atoms with Crippen molar-refractivity contribution in [3.05, 3.63) is 0 Å². The van der Waals surface area contributed by atoms with Crippen LogP contribution in [0.2, 0.25) is 0 Å². The maximum Gasteiger partial charge on any atom is 0.255 e. The van der Waals surface area contributed by atoms with Crippen molar-refractivity contribution in [2.24, 2.45) is 0 Å². The van der Waals surface area contributed by atoms with Gasteiger partial charge in [-0.25, -0.2) is 8.78 Å². The summed E-state index contributed by atoms with van der Waals surface area (Å²) in [5.41, 5.74) is -0.922. The Hall–Kier alpha value is -0.750. The standard InChI is InChI=1S/C10H18F2N2O2/c1-14(7-8(11)12)9(15)10(16-2)3-5-13-6-4-10/h8,13H,3-7H2,1-2H3. The smallest absolute Gasteiger partial charge is 0.255 e. The van der Waals surface area contributed by atoms with E-state index in [1.807, 2.05) is 0 Å². The van der Waals surface area contributed by atoms with Gasteiger partial charge < -0.3 is 15.0 Å². The lowest BCUT2D eigenvalue weighted by Gasteiger charge is -2.37. The summed E-state index contributed by atoms with van der Waals surface area (Å²) < 4.78 is 29.7. The minimum absolute atomic E-state index is 0.350. The van der Waals surface area contributed by atoms with E-state index in [9.17, 15) is 13.6 Å². The van der Waals surface area contributed by atoms with Gasteiger partial charge in [-0.15, -0.1) is 0 Å². The summed E-state index contributed by atoms with van der Waals surface area (Å²) >= 11 is 0. The number of piperidine rings is 1. The number of hydrogen-bond acceptors (Lipinski definition) is 3. The maximum atomic E-state index is 12.2. The van der Waals surface area contributed by atoms with Crippen LogP contribution in [-0.2, 0) is 9.53 Å². The van der Waals surface area contributed by atoms with Gasteiger partial charge in [-0.2, -0.15) is 0 Å². The largest absolute Gasteiger partial charge is 0.368 e. The van der Waals surface area contributed by atoms with Gasteiger partial charge in [-0.05, 0) is 25.9 Å². The predicted molar refractivity (Wildman–Crippen MR) is 55.5 cm³/mol. The van der Waals surface area contributed by atoms with Crippen molar-refractivity contribution >= 4 is 5.91 Å². The van der Waals surface area contributed by atoms with Crippen LogP contribution in [0.25, 0.3) is 0 Å². The SMILES string of the molecule is COC1(C(=O)N(C)CC(F)F)CCNCC1. The molecule has 0 saturated carbocycles. The number of ether oxygens (including phenoxy) is 1. The molecule has 0 radical (unpaired) electrons. The molecule has 0 unspecified atom stereocenters.